The van der Waals surface area contributed by atoms with E-state index in [-0.39, 0.29) is 6.10 Å². The predicted octanol–water partition coefficient (Wildman–Crippen LogP) is 2.66. The Morgan fingerprint density at radius 3 is 2.88 bits per heavy atom. The van der Waals surface area contributed by atoms with Crippen LogP contribution in [-0.4, -0.2) is 50.7 Å². The van der Waals surface area contributed by atoms with Gasteiger partial charge >= 0.3 is 0 Å². The summed E-state index contributed by atoms with van der Waals surface area (Å²) in [6.45, 7) is 5.16. The number of aromatic nitrogens is 3. The Hall–Kier alpha value is -1.66. The van der Waals surface area contributed by atoms with Gasteiger partial charge in [-0.15, -0.1) is 0 Å². The summed E-state index contributed by atoms with van der Waals surface area (Å²) in [5.41, 5.74) is 9.22. The van der Waals surface area contributed by atoms with Gasteiger partial charge < -0.3 is 20.7 Å². The summed E-state index contributed by atoms with van der Waals surface area (Å²) in [6.07, 6.45) is 10.5. The molecule has 0 spiro atoms. The fourth-order valence-corrected chi connectivity index (χ4v) is 3.61. The third-order valence-electron chi connectivity index (χ3n) is 5.10. The van der Waals surface area contributed by atoms with E-state index in [9.17, 15) is 5.11 Å². The number of nitrogens with one attached hydrogen (secondary N) is 1. The number of H-pyrrole nitrogens is 1. The van der Waals surface area contributed by atoms with Crippen molar-refractivity contribution in [3.8, 4) is 0 Å². The molecule has 1 atom stereocenters. The lowest BCUT2D eigenvalue weighted by Gasteiger charge is -2.14. The molecule has 0 saturated carbocycles. The Labute approximate surface area is 149 Å². The van der Waals surface area contributed by atoms with Gasteiger partial charge in [0.2, 0.25) is 0 Å². The third-order valence-corrected chi connectivity index (χ3v) is 5.10. The molecule has 0 bridgehead atoms. The van der Waals surface area contributed by atoms with E-state index in [0.29, 0.717) is 5.82 Å². The number of nitrogens with two attached hydrogens (primary N) is 1. The summed E-state index contributed by atoms with van der Waals surface area (Å²) in [5.74, 6) is 1.43. The van der Waals surface area contributed by atoms with Crippen LogP contribution < -0.4 is 5.73 Å². The smallest absolute Gasteiger partial charge is 0.151 e. The number of anilines is 1. The van der Waals surface area contributed by atoms with Gasteiger partial charge in [-0.05, 0) is 44.2 Å². The largest absolute Gasteiger partial charge is 0.392 e. The van der Waals surface area contributed by atoms with Crippen LogP contribution in [0.5, 0.6) is 0 Å². The zero-order chi connectivity index (χ0) is 17.6. The minimum Gasteiger partial charge on any atom is -0.392 e. The van der Waals surface area contributed by atoms with Gasteiger partial charge in [-0.1, -0.05) is 19.8 Å². The number of nitrogens with zero attached hydrogens (tertiary/aromatic N) is 3. The molecular weight excluding hydrogens is 314 g/mol. The number of aliphatic hydroxyl groups is 1. The molecule has 0 aliphatic carbocycles. The van der Waals surface area contributed by atoms with Crippen molar-refractivity contribution < 1.29 is 5.11 Å². The SMILES string of the molecule is CCCCc1nc(N)c2[nH]cc(CCCCCN3CCC(O)C3)c2n1. The maximum atomic E-state index is 9.56. The third kappa shape index (κ3) is 4.70. The second-order valence-electron chi connectivity index (χ2n) is 7.22. The van der Waals surface area contributed by atoms with Crippen molar-refractivity contribution in [2.24, 2.45) is 0 Å². The molecule has 0 aromatic carbocycles. The van der Waals surface area contributed by atoms with Gasteiger partial charge in [0.25, 0.3) is 0 Å². The molecule has 25 heavy (non-hydrogen) atoms. The molecule has 2 aromatic rings. The maximum absolute atomic E-state index is 9.56. The molecule has 1 aliphatic heterocycles. The number of β-amino-alcohol motifs (C(OH)–C–C–N with tert-alkyl or cyclic N) is 1. The number of unbranched alkanes of at least 4 members (excludes halogenated alkanes) is 3. The number of nitrogen functional groups attached to an aromatic ring is 1. The Balaban J connectivity index is 1.51. The van der Waals surface area contributed by atoms with Gasteiger partial charge in [-0.2, -0.15) is 0 Å². The first-order valence-corrected chi connectivity index (χ1v) is 9.70. The number of aryl methyl sites for hydroxylation is 2. The first-order chi connectivity index (χ1) is 12.2. The number of aromatic amines is 1. The Bertz CT molecular complexity index is 684. The second-order valence-corrected chi connectivity index (χ2v) is 7.22. The molecule has 1 saturated heterocycles. The number of likely N-dealkylation sites (tertiary alicyclic amines) is 1. The molecule has 3 heterocycles. The minimum atomic E-state index is -0.113. The van der Waals surface area contributed by atoms with Gasteiger partial charge in [-0.25, -0.2) is 9.97 Å². The number of fused-ring (bicyclic) bond motifs is 1. The van der Waals surface area contributed by atoms with Crippen LogP contribution in [0.15, 0.2) is 6.20 Å². The molecule has 6 nitrogen and oxygen atoms in total. The quantitative estimate of drug-likeness (QED) is 0.608. The molecule has 1 unspecified atom stereocenters. The molecule has 2 aromatic heterocycles. The number of rotatable bonds is 9. The highest BCUT2D eigenvalue weighted by Crippen LogP contribution is 2.23. The average molecular weight is 345 g/mol. The van der Waals surface area contributed by atoms with E-state index in [2.05, 4.69) is 21.8 Å². The average Bonchev–Trinajstić information content (AvgIpc) is 3.19. The van der Waals surface area contributed by atoms with E-state index < -0.39 is 0 Å². The molecule has 3 rings (SSSR count). The summed E-state index contributed by atoms with van der Waals surface area (Å²) in [7, 11) is 0. The topological polar surface area (TPSA) is 91.1 Å². The number of hydrogen-bond donors (Lipinski definition) is 3. The van der Waals surface area contributed by atoms with Crippen molar-refractivity contribution >= 4 is 16.9 Å². The van der Waals surface area contributed by atoms with E-state index >= 15 is 0 Å². The molecule has 1 fully saturated rings. The molecule has 138 valence electrons. The minimum absolute atomic E-state index is 0.113. The molecule has 6 heteroatoms. The highest BCUT2D eigenvalue weighted by molar-refractivity contribution is 5.87. The van der Waals surface area contributed by atoms with Crippen LogP contribution in [0.1, 0.15) is 56.8 Å². The summed E-state index contributed by atoms with van der Waals surface area (Å²) in [6, 6.07) is 0. The lowest BCUT2D eigenvalue weighted by atomic mass is 10.1. The summed E-state index contributed by atoms with van der Waals surface area (Å²) >= 11 is 0. The van der Waals surface area contributed by atoms with Crippen LogP contribution >= 0.6 is 0 Å². The van der Waals surface area contributed by atoms with E-state index in [1.165, 1.54) is 18.4 Å². The van der Waals surface area contributed by atoms with Crippen molar-refractivity contribution in [3.63, 3.8) is 0 Å². The monoisotopic (exact) mass is 345 g/mol. The Morgan fingerprint density at radius 2 is 2.12 bits per heavy atom. The lowest BCUT2D eigenvalue weighted by molar-refractivity contribution is 0.175. The van der Waals surface area contributed by atoms with Crippen molar-refractivity contribution in [1.29, 1.82) is 0 Å². The van der Waals surface area contributed by atoms with Crippen molar-refractivity contribution in [1.82, 2.24) is 19.9 Å². The van der Waals surface area contributed by atoms with E-state index in [1.54, 1.807) is 0 Å². The van der Waals surface area contributed by atoms with Gasteiger partial charge in [0, 0.05) is 25.7 Å². The van der Waals surface area contributed by atoms with Gasteiger partial charge in [0.15, 0.2) is 5.82 Å². The number of hydrogen-bond acceptors (Lipinski definition) is 5. The van der Waals surface area contributed by atoms with E-state index in [1.807, 2.05) is 6.20 Å². The highest BCUT2D eigenvalue weighted by Gasteiger charge is 2.19. The zero-order valence-corrected chi connectivity index (χ0v) is 15.3. The van der Waals surface area contributed by atoms with Crippen LogP contribution in [0.25, 0.3) is 11.0 Å². The Morgan fingerprint density at radius 1 is 1.24 bits per heavy atom. The van der Waals surface area contributed by atoms with Crippen molar-refractivity contribution in [3.05, 3.63) is 17.6 Å². The van der Waals surface area contributed by atoms with Crippen molar-refractivity contribution in [2.75, 3.05) is 25.4 Å². The van der Waals surface area contributed by atoms with Gasteiger partial charge in [0.1, 0.15) is 11.3 Å². The highest BCUT2D eigenvalue weighted by atomic mass is 16.3. The first-order valence-electron chi connectivity index (χ1n) is 9.70. The fraction of sp³-hybridized carbons (Fsp3) is 0.684. The summed E-state index contributed by atoms with van der Waals surface area (Å²) in [4.78, 5) is 14.8. The van der Waals surface area contributed by atoms with Crippen LogP contribution in [0.2, 0.25) is 0 Å². The van der Waals surface area contributed by atoms with E-state index in [0.717, 1.165) is 75.0 Å². The summed E-state index contributed by atoms with van der Waals surface area (Å²) < 4.78 is 0. The fourth-order valence-electron chi connectivity index (χ4n) is 3.61. The van der Waals surface area contributed by atoms with Crippen LogP contribution in [-0.2, 0) is 12.8 Å². The van der Waals surface area contributed by atoms with Crippen LogP contribution in [0.4, 0.5) is 5.82 Å². The zero-order valence-electron chi connectivity index (χ0n) is 15.3. The lowest BCUT2D eigenvalue weighted by Crippen LogP contribution is -2.23. The standard InChI is InChI=1S/C19H31N5O/c1-2-3-8-16-22-17-14(12-21-18(17)19(20)23-16)7-5-4-6-10-24-11-9-15(25)13-24/h12,15,21,25H,2-11,13H2,1H3,(H2,20,22,23). The molecular formula is C19H31N5O. The van der Waals surface area contributed by atoms with Gasteiger partial charge in [0.05, 0.1) is 11.6 Å². The first kappa shape index (κ1) is 18.1. The molecule has 4 N–H and O–H groups in total. The molecule has 0 amide bonds. The molecule has 1 aliphatic rings. The predicted molar refractivity (Wildman–Crippen MR) is 102 cm³/mol. The second kappa shape index (κ2) is 8.63. The maximum Gasteiger partial charge on any atom is 0.151 e. The van der Waals surface area contributed by atoms with Gasteiger partial charge in [-0.3, -0.25) is 0 Å². The Kier molecular flexibility index (Phi) is 6.26. The molecule has 0 radical (unpaired) electrons. The van der Waals surface area contributed by atoms with Crippen LogP contribution in [0.3, 0.4) is 0 Å². The van der Waals surface area contributed by atoms with Crippen LogP contribution in [0, 0.1) is 0 Å². The number of aliphatic hydroxyl groups excluding tert-OH is 1. The normalized spacial score (nSPS) is 18.4. The van der Waals surface area contributed by atoms with E-state index in [4.69, 9.17) is 10.7 Å². The summed E-state index contributed by atoms with van der Waals surface area (Å²) in [5, 5.41) is 9.56. The van der Waals surface area contributed by atoms with Crippen molar-refractivity contribution in [2.45, 2.75) is 64.4 Å².